The van der Waals surface area contributed by atoms with Gasteiger partial charge in [0.15, 0.2) is 23.0 Å². The van der Waals surface area contributed by atoms with Gasteiger partial charge in [-0.1, -0.05) is 6.07 Å². The molecule has 0 saturated carbocycles. The van der Waals surface area contributed by atoms with Crippen molar-refractivity contribution in [1.29, 1.82) is 0 Å². The largest absolute Gasteiger partial charge is 0.503 e. The van der Waals surface area contributed by atoms with Crippen molar-refractivity contribution >= 4 is 27.9 Å². The molecule has 3 N–H and O–H groups in total. The lowest BCUT2D eigenvalue weighted by molar-refractivity contribution is -0.140. The van der Waals surface area contributed by atoms with Crippen molar-refractivity contribution in [2.45, 2.75) is 19.6 Å². The quantitative estimate of drug-likeness (QED) is 0.550. The minimum atomic E-state index is -0.802. The highest BCUT2D eigenvalue weighted by molar-refractivity contribution is 9.10. The van der Waals surface area contributed by atoms with Crippen LogP contribution in [0.2, 0.25) is 0 Å². The van der Waals surface area contributed by atoms with Crippen LogP contribution in [0.3, 0.4) is 0 Å². The molecule has 0 aromatic heterocycles. The van der Waals surface area contributed by atoms with Gasteiger partial charge in [-0.2, -0.15) is 0 Å². The van der Waals surface area contributed by atoms with E-state index in [1.54, 1.807) is 37.3 Å². The number of ether oxygens (including phenoxy) is 4. The minimum Gasteiger partial charge on any atom is -0.503 e. The Balaban J connectivity index is 1.59. The van der Waals surface area contributed by atoms with Crippen molar-refractivity contribution in [2.24, 2.45) is 0 Å². The van der Waals surface area contributed by atoms with Crippen LogP contribution in [0.25, 0.3) is 0 Å². The first-order chi connectivity index (χ1) is 14.9. The highest BCUT2D eigenvalue weighted by atomic mass is 79.9. The number of nitrogens with one attached hydrogen (secondary N) is 2. The third kappa shape index (κ3) is 4.11. The minimum absolute atomic E-state index is 0.00944. The number of fused-ring (bicyclic) bond motifs is 1. The van der Waals surface area contributed by atoms with Gasteiger partial charge in [0.05, 0.1) is 23.2 Å². The van der Waals surface area contributed by atoms with Crippen molar-refractivity contribution in [3.8, 4) is 23.0 Å². The van der Waals surface area contributed by atoms with E-state index >= 15 is 0 Å². The lowest BCUT2D eigenvalue weighted by Gasteiger charge is -2.28. The molecule has 31 heavy (non-hydrogen) atoms. The number of phenolic OH excluding ortho intramolecular Hbond substituents is 1. The number of carbonyl (C=O) groups excluding carboxylic acids is 2. The van der Waals surface area contributed by atoms with Crippen LogP contribution in [-0.4, -0.2) is 31.0 Å². The second-order valence-corrected chi connectivity index (χ2v) is 7.74. The van der Waals surface area contributed by atoms with Crippen LogP contribution in [0.5, 0.6) is 23.0 Å². The number of carbonyl (C=O) groups is 2. The van der Waals surface area contributed by atoms with Gasteiger partial charge in [-0.15, -0.1) is 0 Å². The fourth-order valence-corrected chi connectivity index (χ4v) is 3.85. The highest BCUT2D eigenvalue weighted by Gasteiger charge is 2.33. The maximum atomic E-state index is 13.0. The molecule has 2 aliphatic heterocycles. The molecule has 2 heterocycles. The van der Waals surface area contributed by atoms with Crippen LogP contribution in [0.1, 0.15) is 24.1 Å². The smallest absolute Gasteiger partial charge is 0.338 e. The number of amides is 2. The van der Waals surface area contributed by atoms with E-state index in [-0.39, 0.29) is 30.5 Å². The first-order valence-corrected chi connectivity index (χ1v) is 10.1. The number of esters is 1. The van der Waals surface area contributed by atoms with Crippen molar-refractivity contribution in [3.63, 3.8) is 0 Å². The second kappa shape index (κ2) is 8.38. The van der Waals surface area contributed by atoms with Gasteiger partial charge in [0.25, 0.3) is 0 Å². The predicted molar refractivity (Wildman–Crippen MR) is 112 cm³/mol. The predicted octanol–water partition coefficient (Wildman–Crippen LogP) is 3.26. The van der Waals surface area contributed by atoms with E-state index in [1.165, 1.54) is 7.11 Å². The number of methoxy groups -OCH3 is 1. The molecule has 0 fully saturated rings. The molecule has 10 heteroatoms. The summed E-state index contributed by atoms with van der Waals surface area (Å²) in [5.41, 5.74) is 1.87. The van der Waals surface area contributed by atoms with Gasteiger partial charge >= 0.3 is 12.0 Å². The van der Waals surface area contributed by atoms with Crippen LogP contribution in [-0.2, 0) is 16.1 Å². The van der Waals surface area contributed by atoms with Gasteiger partial charge in [0, 0.05) is 5.70 Å². The molecule has 0 unspecified atom stereocenters. The van der Waals surface area contributed by atoms with Gasteiger partial charge in [0.1, 0.15) is 6.61 Å². The number of phenols is 1. The van der Waals surface area contributed by atoms with Gasteiger partial charge < -0.3 is 34.7 Å². The fraction of sp³-hybridized carbons (Fsp3) is 0.238. The fourth-order valence-electron chi connectivity index (χ4n) is 3.39. The van der Waals surface area contributed by atoms with Gasteiger partial charge in [0.2, 0.25) is 6.79 Å². The molecule has 9 nitrogen and oxygen atoms in total. The van der Waals surface area contributed by atoms with E-state index in [9.17, 15) is 14.7 Å². The molecule has 0 spiro atoms. The third-order valence-corrected chi connectivity index (χ3v) is 5.50. The summed E-state index contributed by atoms with van der Waals surface area (Å²) in [6.45, 7) is 1.79. The molecule has 2 amide bonds. The van der Waals surface area contributed by atoms with Gasteiger partial charge in [-0.3, -0.25) is 0 Å². The zero-order valence-corrected chi connectivity index (χ0v) is 18.2. The van der Waals surface area contributed by atoms with E-state index in [0.29, 0.717) is 27.2 Å². The molecule has 162 valence electrons. The summed E-state index contributed by atoms with van der Waals surface area (Å²) < 4.78 is 21.7. The molecular weight excluding hydrogens is 472 g/mol. The molecule has 4 rings (SSSR count). The molecule has 2 aromatic carbocycles. The lowest BCUT2D eigenvalue weighted by atomic mass is 9.95. The van der Waals surface area contributed by atoms with Crippen LogP contribution < -0.4 is 24.8 Å². The number of hydrogen-bond donors (Lipinski definition) is 3. The number of hydrogen-bond acceptors (Lipinski definition) is 7. The van der Waals surface area contributed by atoms with Crippen molar-refractivity contribution < 1.29 is 33.6 Å². The molecule has 0 saturated heterocycles. The van der Waals surface area contributed by atoms with Crippen LogP contribution in [0.4, 0.5) is 4.79 Å². The van der Waals surface area contributed by atoms with E-state index in [1.807, 2.05) is 0 Å². The number of rotatable bonds is 5. The molecule has 0 radical (unpaired) electrons. The summed E-state index contributed by atoms with van der Waals surface area (Å²) in [5, 5.41) is 15.4. The molecule has 1 atom stereocenters. The van der Waals surface area contributed by atoms with Crippen molar-refractivity contribution in [1.82, 2.24) is 10.6 Å². The van der Waals surface area contributed by atoms with Crippen LogP contribution in [0, 0.1) is 0 Å². The standard InChI is InChI=1S/C21H19BrN2O7/c1-10-17(20(26)29-8-11-3-4-14-15(5-11)31-9-30-14)18(24-21(27)23-10)12-6-13(22)19(25)16(7-12)28-2/h3-7,18,25H,8-9H2,1-2H3,(H2,23,24,27)/t18-/m1/s1. The van der Waals surface area contributed by atoms with Crippen LogP contribution in [0.15, 0.2) is 46.1 Å². The summed E-state index contributed by atoms with van der Waals surface area (Å²) in [6, 6.07) is 7.17. The summed E-state index contributed by atoms with van der Waals surface area (Å²) in [6.07, 6.45) is 0. The topological polar surface area (TPSA) is 115 Å². The molecule has 0 bridgehead atoms. The normalized spacial score (nSPS) is 17.1. The summed E-state index contributed by atoms with van der Waals surface area (Å²) in [4.78, 5) is 25.1. The Labute approximate surface area is 186 Å². The number of aromatic hydroxyl groups is 1. The Morgan fingerprint density at radius 1 is 1.26 bits per heavy atom. The average molecular weight is 491 g/mol. The van der Waals surface area contributed by atoms with Crippen molar-refractivity contribution in [3.05, 3.63) is 57.2 Å². The van der Waals surface area contributed by atoms with Gasteiger partial charge in [-0.05, 0) is 58.2 Å². The Hall–Kier alpha value is -3.40. The van der Waals surface area contributed by atoms with Gasteiger partial charge in [-0.25, -0.2) is 9.59 Å². The Morgan fingerprint density at radius 2 is 2.03 bits per heavy atom. The number of halogens is 1. The Morgan fingerprint density at radius 3 is 2.81 bits per heavy atom. The van der Waals surface area contributed by atoms with E-state index in [4.69, 9.17) is 18.9 Å². The van der Waals surface area contributed by atoms with Crippen molar-refractivity contribution in [2.75, 3.05) is 13.9 Å². The molecule has 0 aliphatic carbocycles. The third-order valence-electron chi connectivity index (χ3n) is 4.90. The maximum absolute atomic E-state index is 13.0. The first kappa shape index (κ1) is 20.9. The Kier molecular flexibility index (Phi) is 5.64. The van der Waals surface area contributed by atoms with E-state index in [0.717, 1.165) is 5.56 Å². The number of allylic oxidation sites excluding steroid dienone is 1. The lowest BCUT2D eigenvalue weighted by Crippen LogP contribution is -2.45. The zero-order chi connectivity index (χ0) is 22.1. The first-order valence-electron chi connectivity index (χ1n) is 9.27. The summed E-state index contributed by atoms with van der Waals surface area (Å²) in [7, 11) is 1.41. The van der Waals surface area contributed by atoms with E-state index < -0.39 is 18.0 Å². The maximum Gasteiger partial charge on any atom is 0.338 e. The monoisotopic (exact) mass is 490 g/mol. The number of benzene rings is 2. The number of urea groups is 1. The molecule has 2 aromatic rings. The molecule has 2 aliphatic rings. The van der Waals surface area contributed by atoms with Crippen LogP contribution >= 0.6 is 15.9 Å². The summed E-state index contributed by atoms with van der Waals surface area (Å²) in [5.74, 6) is 0.743. The Bertz CT molecular complexity index is 1100. The summed E-state index contributed by atoms with van der Waals surface area (Å²) >= 11 is 3.26. The SMILES string of the molecule is COc1cc([C@H]2NC(=O)NC(C)=C2C(=O)OCc2ccc3c(c2)OCO3)cc(Br)c1O. The second-order valence-electron chi connectivity index (χ2n) is 6.89. The zero-order valence-electron chi connectivity index (χ0n) is 16.7. The molecular formula is C21H19BrN2O7. The highest BCUT2D eigenvalue weighted by Crippen LogP contribution is 2.39. The van der Waals surface area contributed by atoms with E-state index in [2.05, 4.69) is 26.6 Å². The average Bonchev–Trinajstić information content (AvgIpc) is 3.21.